The van der Waals surface area contributed by atoms with Crippen molar-refractivity contribution in [2.24, 2.45) is 0 Å². The van der Waals surface area contributed by atoms with Crippen molar-refractivity contribution in [2.75, 3.05) is 6.61 Å². The Labute approximate surface area is 101 Å². The fraction of sp³-hybridized carbons (Fsp3) is 0.385. The number of esters is 1. The van der Waals surface area contributed by atoms with Gasteiger partial charge in [-0.1, -0.05) is 12.1 Å². The summed E-state index contributed by atoms with van der Waals surface area (Å²) in [6, 6.07) is 8.13. The van der Waals surface area contributed by atoms with Gasteiger partial charge in [0.15, 0.2) is 0 Å². The molecule has 0 saturated heterocycles. The molecule has 0 atom stereocenters. The molecule has 0 saturated carbocycles. The largest absolute Gasteiger partial charge is 0.489 e. The Morgan fingerprint density at radius 2 is 1.94 bits per heavy atom. The van der Waals surface area contributed by atoms with Crippen molar-refractivity contribution in [1.29, 1.82) is 0 Å². The summed E-state index contributed by atoms with van der Waals surface area (Å²) in [4.78, 5) is 20.6. The van der Waals surface area contributed by atoms with Crippen LogP contribution in [0.5, 0.6) is 5.75 Å². The lowest BCUT2D eigenvalue weighted by molar-refractivity contribution is -0.145. The highest BCUT2D eigenvalue weighted by Gasteiger charge is 2.03. The zero-order valence-electron chi connectivity index (χ0n) is 10.1. The molecule has 1 aromatic carbocycles. The summed E-state index contributed by atoms with van der Waals surface area (Å²) in [5.74, 6) is 0.387. The van der Waals surface area contributed by atoms with Crippen LogP contribution >= 0.6 is 0 Å². The minimum Gasteiger partial charge on any atom is -0.489 e. The van der Waals surface area contributed by atoms with Gasteiger partial charge in [0.25, 0.3) is 0 Å². The fourth-order valence-electron chi connectivity index (χ4n) is 1.26. The van der Waals surface area contributed by atoms with E-state index in [1.165, 1.54) is 12.5 Å². The summed E-state index contributed by atoms with van der Waals surface area (Å²) < 4.78 is 9.68. The smallest absolute Gasteiger partial charge is 0.313 e. The minimum absolute atomic E-state index is 0.103. The quantitative estimate of drug-likeness (QED) is 0.595. The van der Waals surface area contributed by atoms with Gasteiger partial charge in [0.1, 0.15) is 24.6 Å². The Morgan fingerprint density at radius 1 is 1.29 bits per heavy atom. The number of carbonyl (C=O) groups is 2. The van der Waals surface area contributed by atoms with Crippen molar-refractivity contribution < 1.29 is 19.1 Å². The van der Waals surface area contributed by atoms with E-state index in [4.69, 9.17) is 4.74 Å². The number of Topliss-reactive ketones (excluding diaryl/α,β-unsaturated/α-hetero) is 1. The summed E-state index contributed by atoms with van der Waals surface area (Å²) >= 11 is 0. The Bertz CT molecular complexity index is 358. The summed E-state index contributed by atoms with van der Waals surface area (Å²) in [5, 5.41) is 0. The molecule has 0 aliphatic carbocycles. The number of fused-ring (bicyclic) bond motifs is 3. The Hall–Kier alpha value is -1.84. The molecule has 4 nitrogen and oxygen atoms in total. The molecule has 17 heavy (non-hydrogen) atoms. The summed E-state index contributed by atoms with van der Waals surface area (Å²) in [7, 11) is 0. The molecule has 0 fully saturated rings. The SMILES string of the molecule is CCOC(=O)CC(C)=O.c1cc2ccc1CO2. The van der Waals surface area contributed by atoms with Crippen LogP contribution in [-0.2, 0) is 20.9 Å². The van der Waals surface area contributed by atoms with Gasteiger partial charge in [-0.15, -0.1) is 0 Å². The molecule has 1 aromatic rings. The molecular formula is C13H16O4. The van der Waals surface area contributed by atoms with Crippen molar-refractivity contribution in [3.05, 3.63) is 29.8 Å². The number of hydrogen-bond donors (Lipinski definition) is 0. The van der Waals surface area contributed by atoms with Crippen molar-refractivity contribution in [3.8, 4) is 5.75 Å². The predicted octanol–water partition coefficient (Wildman–Crippen LogP) is 2.11. The summed E-state index contributed by atoms with van der Waals surface area (Å²) in [6.45, 7) is 4.17. The van der Waals surface area contributed by atoms with Crippen LogP contribution in [0.1, 0.15) is 25.8 Å². The highest BCUT2D eigenvalue weighted by molar-refractivity contribution is 5.94. The third kappa shape index (κ3) is 5.15. The van der Waals surface area contributed by atoms with Crippen LogP contribution in [0.4, 0.5) is 0 Å². The molecule has 0 aromatic heterocycles. The molecule has 0 amide bonds. The third-order valence-corrected chi connectivity index (χ3v) is 2.03. The van der Waals surface area contributed by atoms with Gasteiger partial charge < -0.3 is 9.47 Å². The first-order valence-corrected chi connectivity index (χ1v) is 5.48. The number of ether oxygens (including phenoxy) is 2. The van der Waals surface area contributed by atoms with Gasteiger partial charge >= 0.3 is 5.97 Å². The fourth-order valence-corrected chi connectivity index (χ4v) is 1.26. The lowest BCUT2D eigenvalue weighted by Gasteiger charge is -2.11. The minimum atomic E-state index is -0.440. The van der Waals surface area contributed by atoms with Gasteiger partial charge in [0.2, 0.25) is 0 Å². The van der Waals surface area contributed by atoms with Gasteiger partial charge in [-0.3, -0.25) is 9.59 Å². The second kappa shape index (κ2) is 6.68. The maximum absolute atomic E-state index is 10.4. The number of carbonyl (C=O) groups excluding carboxylic acids is 2. The van der Waals surface area contributed by atoms with Crippen LogP contribution in [-0.4, -0.2) is 18.4 Å². The molecule has 0 N–H and O–H groups in total. The van der Waals surface area contributed by atoms with E-state index in [-0.39, 0.29) is 12.2 Å². The average Bonchev–Trinajstić information content (AvgIpc) is 2.31. The normalized spacial score (nSPS) is 10.9. The Kier molecular flexibility index (Phi) is 5.20. The predicted molar refractivity (Wildman–Crippen MR) is 62.7 cm³/mol. The molecule has 2 bridgehead atoms. The van der Waals surface area contributed by atoms with Gasteiger partial charge in [0.05, 0.1) is 6.61 Å². The van der Waals surface area contributed by atoms with Gasteiger partial charge in [-0.05, 0) is 31.5 Å². The maximum atomic E-state index is 10.4. The monoisotopic (exact) mass is 236 g/mol. The number of ketones is 1. The second-order valence-corrected chi connectivity index (χ2v) is 3.62. The van der Waals surface area contributed by atoms with E-state index in [9.17, 15) is 9.59 Å². The van der Waals surface area contributed by atoms with Crippen molar-refractivity contribution in [1.82, 2.24) is 0 Å². The van der Waals surface area contributed by atoms with Crippen LogP contribution in [0, 0.1) is 0 Å². The van der Waals surface area contributed by atoms with E-state index in [1.807, 2.05) is 12.1 Å². The molecule has 0 radical (unpaired) electrons. The zero-order chi connectivity index (χ0) is 12.7. The molecular weight excluding hydrogens is 220 g/mol. The Balaban J connectivity index is 0.000000170. The van der Waals surface area contributed by atoms with Gasteiger partial charge in [-0.2, -0.15) is 0 Å². The third-order valence-electron chi connectivity index (χ3n) is 2.03. The van der Waals surface area contributed by atoms with Crippen LogP contribution in [0.15, 0.2) is 24.3 Å². The molecule has 0 unspecified atom stereocenters. The molecule has 0 spiro atoms. The van der Waals surface area contributed by atoms with Crippen LogP contribution in [0.25, 0.3) is 0 Å². The highest BCUT2D eigenvalue weighted by atomic mass is 16.5. The van der Waals surface area contributed by atoms with Crippen molar-refractivity contribution in [3.63, 3.8) is 0 Å². The van der Waals surface area contributed by atoms with E-state index in [0.717, 1.165) is 12.4 Å². The summed E-state index contributed by atoms with van der Waals surface area (Å²) in [6.07, 6.45) is -0.103. The molecule has 4 heteroatoms. The first-order chi connectivity index (χ1) is 8.11. The Morgan fingerprint density at radius 3 is 2.18 bits per heavy atom. The lowest BCUT2D eigenvalue weighted by Crippen LogP contribution is -2.07. The first-order valence-electron chi connectivity index (χ1n) is 5.48. The van der Waals surface area contributed by atoms with Crippen LogP contribution < -0.4 is 4.74 Å². The van der Waals surface area contributed by atoms with E-state index in [2.05, 4.69) is 16.9 Å². The number of hydrogen-bond acceptors (Lipinski definition) is 4. The van der Waals surface area contributed by atoms with Crippen LogP contribution in [0.3, 0.4) is 0 Å². The van der Waals surface area contributed by atoms with Gasteiger partial charge in [0, 0.05) is 0 Å². The average molecular weight is 236 g/mol. The second-order valence-electron chi connectivity index (χ2n) is 3.62. The molecule has 3 rings (SSSR count). The first kappa shape index (κ1) is 13.2. The topological polar surface area (TPSA) is 52.6 Å². The standard InChI is InChI=1S/C7H6O.C6H10O3/c1-3-7-4-2-6(1)5-8-7;1-3-9-6(8)4-5(2)7/h1-4H,5H2;3-4H2,1-2H3. The highest BCUT2D eigenvalue weighted by Crippen LogP contribution is 2.19. The van der Waals surface area contributed by atoms with E-state index in [1.54, 1.807) is 6.92 Å². The van der Waals surface area contributed by atoms with Crippen molar-refractivity contribution >= 4 is 11.8 Å². The molecule has 92 valence electrons. The molecule has 2 heterocycles. The van der Waals surface area contributed by atoms with E-state index in [0.29, 0.717) is 6.61 Å². The maximum Gasteiger partial charge on any atom is 0.313 e. The zero-order valence-corrected chi connectivity index (χ0v) is 10.1. The van der Waals surface area contributed by atoms with E-state index < -0.39 is 5.97 Å². The van der Waals surface area contributed by atoms with Crippen molar-refractivity contribution in [2.45, 2.75) is 26.9 Å². The van der Waals surface area contributed by atoms with E-state index >= 15 is 0 Å². The summed E-state index contributed by atoms with van der Waals surface area (Å²) in [5.41, 5.74) is 1.26. The number of rotatable bonds is 3. The lowest BCUT2D eigenvalue weighted by atomic mass is 10.2. The van der Waals surface area contributed by atoms with Crippen LogP contribution in [0.2, 0.25) is 0 Å². The number of benzene rings is 1. The molecule has 2 aliphatic rings. The van der Waals surface area contributed by atoms with Gasteiger partial charge in [-0.25, -0.2) is 0 Å². The molecule has 2 aliphatic heterocycles.